The number of aromatic nitrogens is 3. The van der Waals surface area contributed by atoms with E-state index in [0.29, 0.717) is 43.7 Å². The molecule has 0 saturated heterocycles. The summed E-state index contributed by atoms with van der Waals surface area (Å²) in [7, 11) is 1.77. The molecule has 2 bridgehead atoms. The summed E-state index contributed by atoms with van der Waals surface area (Å²) in [6, 6.07) is 5.24. The quantitative estimate of drug-likeness (QED) is 0.551. The monoisotopic (exact) mass is 429 g/mol. The molecule has 10 heteroatoms. The van der Waals surface area contributed by atoms with Crippen molar-refractivity contribution in [1.29, 1.82) is 0 Å². The molecule has 0 aromatic carbocycles. The zero-order valence-corrected chi connectivity index (χ0v) is 17.4. The van der Waals surface area contributed by atoms with Crippen LogP contribution in [0.25, 0.3) is 0 Å². The number of ether oxygens (including phenoxy) is 2. The van der Waals surface area contributed by atoms with Crippen molar-refractivity contribution in [3.8, 4) is 11.6 Å². The molecule has 2 aromatic heterocycles. The van der Waals surface area contributed by atoms with Crippen molar-refractivity contribution >= 4 is 11.8 Å². The number of nitrogens with one attached hydrogen (secondary N) is 2. The summed E-state index contributed by atoms with van der Waals surface area (Å²) >= 11 is 0. The minimum atomic E-state index is -0.755. The van der Waals surface area contributed by atoms with E-state index >= 15 is 0 Å². The Morgan fingerprint density at radius 1 is 1.16 bits per heavy atom. The highest BCUT2D eigenvalue weighted by Gasteiger charge is 2.55. The third kappa shape index (κ3) is 4.79. The number of nitrogens with zero attached hydrogens (tertiary/aromatic N) is 3. The van der Waals surface area contributed by atoms with E-state index in [1.807, 2.05) is 0 Å². The summed E-state index contributed by atoms with van der Waals surface area (Å²) in [6.45, 7) is -0.282. The molecule has 0 unspecified atom stereocenters. The van der Waals surface area contributed by atoms with Crippen LogP contribution in [0.4, 0.5) is 0 Å². The number of amides is 2. The average molecular weight is 429 g/mol. The van der Waals surface area contributed by atoms with E-state index in [4.69, 9.17) is 9.47 Å². The van der Waals surface area contributed by atoms with E-state index in [2.05, 4.69) is 20.7 Å². The normalized spacial score (nSPS) is 26.8. The van der Waals surface area contributed by atoms with Crippen molar-refractivity contribution in [1.82, 2.24) is 25.4 Å². The lowest BCUT2D eigenvalue weighted by Gasteiger charge is -2.56. The Morgan fingerprint density at radius 2 is 1.90 bits per heavy atom. The van der Waals surface area contributed by atoms with Crippen molar-refractivity contribution in [2.45, 2.75) is 49.3 Å². The van der Waals surface area contributed by atoms with E-state index in [9.17, 15) is 14.7 Å². The molecule has 2 amide bonds. The number of aliphatic hydroxyl groups excluding tert-OH is 1. The summed E-state index contributed by atoms with van der Waals surface area (Å²) in [6.07, 6.45) is 6.93. The predicted octanol–water partition coefficient (Wildman–Crippen LogP) is 0.322. The summed E-state index contributed by atoms with van der Waals surface area (Å²) < 4.78 is 12.5. The molecule has 3 saturated carbocycles. The van der Waals surface area contributed by atoms with Crippen molar-refractivity contribution in [3.05, 3.63) is 36.8 Å². The Morgan fingerprint density at radius 3 is 2.55 bits per heavy atom. The maximum Gasteiger partial charge on any atom is 0.258 e. The van der Waals surface area contributed by atoms with Gasteiger partial charge >= 0.3 is 0 Å². The molecule has 166 valence electrons. The maximum absolute atomic E-state index is 12.4. The Balaban J connectivity index is 1.27. The summed E-state index contributed by atoms with van der Waals surface area (Å²) in [5.74, 6) is 0.363. The summed E-state index contributed by atoms with van der Waals surface area (Å²) in [4.78, 5) is 28.9. The van der Waals surface area contributed by atoms with Gasteiger partial charge in [0.1, 0.15) is 0 Å². The van der Waals surface area contributed by atoms with E-state index in [1.165, 1.54) is 6.20 Å². The first-order chi connectivity index (χ1) is 14.9. The number of aliphatic hydroxyl groups is 1. The molecule has 3 fully saturated rings. The van der Waals surface area contributed by atoms with Gasteiger partial charge in [-0.05, 0) is 38.2 Å². The number of rotatable bonds is 8. The predicted molar refractivity (Wildman–Crippen MR) is 109 cm³/mol. The van der Waals surface area contributed by atoms with Crippen LogP contribution in [0.15, 0.2) is 36.8 Å². The number of carbonyl (C=O) groups excluding carboxylic acids is 2. The average Bonchev–Trinajstić information content (AvgIpc) is 3.18. The number of hydrogen-bond donors (Lipinski definition) is 3. The largest absolute Gasteiger partial charge is 0.480 e. The number of pyridine rings is 1. The maximum atomic E-state index is 12.4. The van der Waals surface area contributed by atoms with Crippen LogP contribution in [-0.2, 0) is 16.6 Å². The van der Waals surface area contributed by atoms with Gasteiger partial charge in [-0.15, -0.1) is 0 Å². The number of fused-ring (bicyclic) bond motifs is 3. The van der Waals surface area contributed by atoms with Crippen LogP contribution in [0, 0.1) is 0 Å². The van der Waals surface area contributed by atoms with E-state index in [1.54, 1.807) is 42.3 Å². The molecule has 1 atom stereocenters. The van der Waals surface area contributed by atoms with Gasteiger partial charge in [-0.1, -0.05) is 6.07 Å². The Kier molecular flexibility index (Phi) is 5.81. The molecule has 0 radical (unpaired) electrons. The van der Waals surface area contributed by atoms with Gasteiger partial charge in [-0.3, -0.25) is 14.3 Å². The topological polar surface area (TPSA) is 128 Å². The highest BCUT2D eigenvalue weighted by Crippen LogP contribution is 2.47. The lowest BCUT2D eigenvalue weighted by Crippen LogP contribution is -2.70. The van der Waals surface area contributed by atoms with Crippen LogP contribution in [0.1, 0.15) is 32.1 Å². The number of carbonyl (C=O) groups is 2. The molecule has 31 heavy (non-hydrogen) atoms. The van der Waals surface area contributed by atoms with Crippen LogP contribution in [0.3, 0.4) is 0 Å². The Hall–Kier alpha value is -3.14. The number of hydrogen-bond acceptors (Lipinski definition) is 7. The van der Waals surface area contributed by atoms with Gasteiger partial charge in [-0.25, -0.2) is 4.98 Å². The van der Waals surface area contributed by atoms with E-state index in [0.717, 1.165) is 0 Å². The second-order valence-corrected chi connectivity index (χ2v) is 8.35. The standard InChI is InChI=1S/C21H27N5O5/c1-26-12-15(11-23-26)30-13-18(29)25-21-7-5-20(6-8-21,10-16(21)27)24-17(28)14-31-19-4-2-3-9-22-19/h2-4,9,11-12,16,27H,5-8,10,13-14H2,1H3,(H,24,28)(H,25,29)/t16-,20?,21?/m0/s1. The molecule has 3 aliphatic rings. The minimum Gasteiger partial charge on any atom is -0.480 e. The van der Waals surface area contributed by atoms with Crippen molar-refractivity contribution < 1.29 is 24.2 Å². The van der Waals surface area contributed by atoms with E-state index < -0.39 is 17.2 Å². The van der Waals surface area contributed by atoms with Crippen molar-refractivity contribution in [3.63, 3.8) is 0 Å². The highest BCUT2D eigenvalue weighted by molar-refractivity contribution is 5.79. The molecular weight excluding hydrogens is 402 g/mol. The zero-order chi connectivity index (χ0) is 21.9. The highest BCUT2D eigenvalue weighted by atomic mass is 16.5. The first kappa shape index (κ1) is 21.1. The fraction of sp³-hybridized carbons (Fsp3) is 0.524. The van der Waals surface area contributed by atoms with Gasteiger partial charge < -0.3 is 25.2 Å². The third-order valence-corrected chi connectivity index (χ3v) is 6.15. The zero-order valence-electron chi connectivity index (χ0n) is 17.4. The van der Waals surface area contributed by atoms with Gasteiger partial charge in [0.25, 0.3) is 11.8 Å². The third-order valence-electron chi connectivity index (χ3n) is 6.15. The molecule has 2 heterocycles. The molecule has 0 spiro atoms. The first-order valence-electron chi connectivity index (χ1n) is 10.3. The van der Waals surface area contributed by atoms with Gasteiger partial charge in [0.2, 0.25) is 5.88 Å². The van der Waals surface area contributed by atoms with Crippen LogP contribution < -0.4 is 20.1 Å². The number of aryl methyl sites for hydroxylation is 1. The molecule has 3 N–H and O–H groups in total. The van der Waals surface area contributed by atoms with Crippen LogP contribution in [-0.4, -0.2) is 62.1 Å². The van der Waals surface area contributed by atoms with Crippen LogP contribution in [0.2, 0.25) is 0 Å². The van der Waals surface area contributed by atoms with Gasteiger partial charge in [0.05, 0.1) is 24.0 Å². The molecule has 10 nitrogen and oxygen atoms in total. The second-order valence-electron chi connectivity index (χ2n) is 8.35. The summed E-state index contributed by atoms with van der Waals surface area (Å²) in [5, 5.41) is 20.8. The van der Waals surface area contributed by atoms with Crippen molar-refractivity contribution in [2.24, 2.45) is 7.05 Å². The molecule has 0 aliphatic heterocycles. The molecule has 3 aliphatic carbocycles. The van der Waals surface area contributed by atoms with Gasteiger partial charge in [0.15, 0.2) is 19.0 Å². The van der Waals surface area contributed by atoms with Crippen LogP contribution in [0.5, 0.6) is 11.6 Å². The first-order valence-corrected chi connectivity index (χ1v) is 10.3. The van der Waals surface area contributed by atoms with Crippen LogP contribution >= 0.6 is 0 Å². The summed E-state index contributed by atoms with van der Waals surface area (Å²) in [5.41, 5.74) is -1.17. The van der Waals surface area contributed by atoms with Crippen molar-refractivity contribution in [2.75, 3.05) is 13.2 Å². The van der Waals surface area contributed by atoms with E-state index in [-0.39, 0.29) is 25.0 Å². The van der Waals surface area contributed by atoms with Gasteiger partial charge in [0, 0.05) is 24.8 Å². The second kappa shape index (κ2) is 8.54. The molecular formula is C21H27N5O5. The Bertz CT molecular complexity index is 923. The molecule has 5 rings (SSSR count). The van der Waals surface area contributed by atoms with Gasteiger partial charge in [-0.2, -0.15) is 5.10 Å². The lowest BCUT2D eigenvalue weighted by molar-refractivity contribution is -0.137. The molecule has 2 aromatic rings. The lowest BCUT2D eigenvalue weighted by atomic mass is 9.60. The Labute approximate surface area is 179 Å². The smallest absolute Gasteiger partial charge is 0.258 e. The fourth-order valence-electron chi connectivity index (χ4n) is 4.50. The minimum absolute atomic E-state index is 0.136. The SMILES string of the molecule is Cn1cc(OCC(=O)NC23CCC(NC(=O)COc4ccccn4)(CC2)C[C@@H]3O)cn1. The fourth-order valence-corrected chi connectivity index (χ4v) is 4.50.